The highest BCUT2D eigenvalue weighted by Crippen LogP contribution is 2.32. The molecule has 2 aromatic rings. The smallest absolute Gasteiger partial charge is 0.331 e. The molecule has 0 atom stereocenters. The van der Waals surface area contributed by atoms with Crippen LogP contribution >= 0.6 is 11.6 Å². The maximum absolute atomic E-state index is 11.0. The molecule has 0 saturated carbocycles. The summed E-state index contributed by atoms with van der Waals surface area (Å²) in [6.45, 7) is 3.79. The van der Waals surface area contributed by atoms with Gasteiger partial charge in [-0.15, -0.1) is 0 Å². The maximum Gasteiger partial charge on any atom is 0.331 e. The van der Waals surface area contributed by atoms with Gasteiger partial charge in [-0.2, -0.15) is 4.98 Å². The van der Waals surface area contributed by atoms with Crippen molar-refractivity contribution in [3.05, 3.63) is 50.9 Å². The van der Waals surface area contributed by atoms with Crippen molar-refractivity contribution < 1.29 is 9.66 Å². The van der Waals surface area contributed by atoms with Gasteiger partial charge in [0.2, 0.25) is 0 Å². The first-order chi connectivity index (χ1) is 9.51. The number of rotatable bonds is 4. The Bertz CT molecular complexity index is 661. The Kier molecular flexibility index (Phi) is 4.14. The maximum atomic E-state index is 11.0. The number of hydrogen-bond acceptors (Lipinski definition) is 5. The Labute approximate surface area is 120 Å². The van der Waals surface area contributed by atoms with Crippen LogP contribution < -0.4 is 4.74 Å². The molecule has 6 nitrogen and oxygen atoms in total. The summed E-state index contributed by atoms with van der Waals surface area (Å²) in [5.41, 5.74) is 1.32. The molecule has 104 valence electrons. The molecule has 0 saturated heterocycles. The largest absolute Gasteiger partial charge is 0.432 e. The molecule has 7 heteroatoms. The van der Waals surface area contributed by atoms with Gasteiger partial charge in [0.25, 0.3) is 0 Å². The molecule has 0 fully saturated rings. The van der Waals surface area contributed by atoms with Gasteiger partial charge in [0.15, 0.2) is 5.75 Å². The number of aryl methyl sites for hydroxylation is 2. The monoisotopic (exact) mass is 293 g/mol. The van der Waals surface area contributed by atoms with E-state index in [0.717, 1.165) is 5.69 Å². The first kappa shape index (κ1) is 14.2. The topological polar surface area (TPSA) is 78.2 Å². The minimum atomic E-state index is -0.564. The highest BCUT2D eigenvalue weighted by atomic mass is 35.5. The van der Waals surface area contributed by atoms with Crippen LogP contribution in [0.5, 0.6) is 11.6 Å². The lowest BCUT2D eigenvalue weighted by Gasteiger charge is -2.09. The highest BCUT2D eigenvalue weighted by Gasteiger charge is 2.19. The fraction of sp³-hybridized carbons (Fsp3) is 0.231. The number of pyridine rings is 2. The van der Waals surface area contributed by atoms with Crippen LogP contribution in [-0.2, 0) is 6.42 Å². The lowest BCUT2D eigenvalue weighted by Crippen LogP contribution is -2.00. The fourth-order valence-electron chi connectivity index (χ4n) is 1.67. The number of halogens is 1. The van der Waals surface area contributed by atoms with E-state index in [9.17, 15) is 10.1 Å². The third-order valence-electron chi connectivity index (χ3n) is 2.62. The Morgan fingerprint density at radius 2 is 2.05 bits per heavy atom. The summed E-state index contributed by atoms with van der Waals surface area (Å²) in [5, 5.41) is 11.1. The van der Waals surface area contributed by atoms with Crippen LogP contribution in [0.25, 0.3) is 0 Å². The van der Waals surface area contributed by atoms with E-state index in [4.69, 9.17) is 16.3 Å². The summed E-state index contributed by atoms with van der Waals surface area (Å²) in [6.07, 6.45) is 0.644. The van der Waals surface area contributed by atoms with Crippen molar-refractivity contribution in [1.29, 1.82) is 0 Å². The normalized spacial score (nSPS) is 10.3. The minimum absolute atomic E-state index is 0.128. The molecule has 2 rings (SSSR count). The van der Waals surface area contributed by atoms with Crippen LogP contribution in [0.1, 0.15) is 18.3 Å². The second-order valence-electron chi connectivity index (χ2n) is 4.07. The molecule has 20 heavy (non-hydrogen) atoms. The van der Waals surface area contributed by atoms with Gasteiger partial charge in [-0.1, -0.05) is 18.5 Å². The number of ether oxygens (including phenoxy) is 1. The number of nitrogens with zero attached hydrogens (tertiary/aromatic N) is 3. The zero-order valence-electron chi connectivity index (χ0n) is 11.0. The Hall–Kier alpha value is -2.21. The highest BCUT2D eigenvalue weighted by molar-refractivity contribution is 6.29. The van der Waals surface area contributed by atoms with E-state index in [2.05, 4.69) is 9.97 Å². The summed E-state index contributed by atoms with van der Waals surface area (Å²) >= 11 is 5.76. The summed E-state index contributed by atoms with van der Waals surface area (Å²) in [5.74, 6) is 0.304. The van der Waals surface area contributed by atoms with Gasteiger partial charge < -0.3 is 4.74 Å². The molecule has 0 amide bonds. The van der Waals surface area contributed by atoms with Gasteiger partial charge in [0, 0.05) is 11.8 Å². The molecule has 0 unspecified atom stereocenters. The van der Waals surface area contributed by atoms with Crippen LogP contribution in [0.15, 0.2) is 24.3 Å². The predicted octanol–water partition coefficient (Wildman–Crippen LogP) is 3.70. The summed E-state index contributed by atoms with van der Waals surface area (Å²) < 4.78 is 5.53. The van der Waals surface area contributed by atoms with Crippen molar-refractivity contribution in [3.63, 3.8) is 0 Å². The zero-order valence-corrected chi connectivity index (χ0v) is 11.7. The SMILES string of the molecule is CCc1nc(C)ccc1Oc1nc(Cl)ccc1[N+](=O)[O-]. The second-order valence-corrected chi connectivity index (χ2v) is 4.46. The number of nitro groups is 1. The molecule has 0 spiro atoms. The van der Waals surface area contributed by atoms with Crippen LogP contribution in [0.3, 0.4) is 0 Å². The van der Waals surface area contributed by atoms with Crippen molar-refractivity contribution in [2.45, 2.75) is 20.3 Å². The quantitative estimate of drug-likeness (QED) is 0.488. The average molecular weight is 294 g/mol. The molecular formula is C13H12ClN3O3. The van der Waals surface area contributed by atoms with Gasteiger partial charge in [0.1, 0.15) is 5.15 Å². The van der Waals surface area contributed by atoms with Crippen molar-refractivity contribution in [1.82, 2.24) is 9.97 Å². The van der Waals surface area contributed by atoms with Gasteiger partial charge in [-0.3, -0.25) is 15.1 Å². The van der Waals surface area contributed by atoms with Crippen molar-refractivity contribution in [2.75, 3.05) is 0 Å². The van der Waals surface area contributed by atoms with E-state index < -0.39 is 4.92 Å². The van der Waals surface area contributed by atoms with Crippen molar-refractivity contribution in [3.8, 4) is 11.6 Å². The summed E-state index contributed by atoms with van der Waals surface area (Å²) in [6, 6.07) is 6.09. The summed E-state index contributed by atoms with van der Waals surface area (Å²) in [7, 11) is 0. The van der Waals surface area contributed by atoms with E-state index >= 15 is 0 Å². The average Bonchev–Trinajstić information content (AvgIpc) is 2.40. The van der Waals surface area contributed by atoms with Gasteiger partial charge in [0.05, 0.1) is 10.6 Å². The zero-order chi connectivity index (χ0) is 14.7. The molecule has 0 aliphatic carbocycles. The molecule has 0 aromatic carbocycles. The van der Waals surface area contributed by atoms with E-state index in [1.807, 2.05) is 13.8 Å². The molecule has 0 aliphatic rings. The molecule has 2 aromatic heterocycles. The Morgan fingerprint density at radius 1 is 1.30 bits per heavy atom. The molecule has 0 aliphatic heterocycles. The first-order valence-electron chi connectivity index (χ1n) is 5.96. The minimum Gasteiger partial charge on any atom is -0.432 e. The second kappa shape index (κ2) is 5.83. The van der Waals surface area contributed by atoms with Crippen LogP contribution in [-0.4, -0.2) is 14.9 Å². The van der Waals surface area contributed by atoms with Crippen molar-refractivity contribution in [2.24, 2.45) is 0 Å². The van der Waals surface area contributed by atoms with Crippen LogP contribution in [0, 0.1) is 17.0 Å². The number of aromatic nitrogens is 2. The Balaban J connectivity index is 2.44. The van der Waals surface area contributed by atoms with Gasteiger partial charge in [-0.05, 0) is 31.5 Å². The molecule has 0 N–H and O–H groups in total. The van der Waals surface area contributed by atoms with E-state index in [0.29, 0.717) is 17.9 Å². The standard InChI is InChI=1S/C13H12ClN3O3/c1-3-9-11(6-4-8(2)15-9)20-13-10(17(18)19)5-7-12(14)16-13/h4-7H,3H2,1-2H3. The van der Waals surface area contributed by atoms with Crippen LogP contribution in [0.2, 0.25) is 5.15 Å². The van der Waals surface area contributed by atoms with Gasteiger partial charge in [-0.25, -0.2) is 0 Å². The lowest BCUT2D eigenvalue weighted by molar-refractivity contribution is -0.386. The third-order valence-corrected chi connectivity index (χ3v) is 2.83. The van der Waals surface area contributed by atoms with E-state index in [-0.39, 0.29) is 16.7 Å². The van der Waals surface area contributed by atoms with E-state index in [1.165, 1.54) is 12.1 Å². The molecular weight excluding hydrogens is 282 g/mol. The predicted molar refractivity (Wildman–Crippen MR) is 74.3 cm³/mol. The first-order valence-corrected chi connectivity index (χ1v) is 6.34. The van der Waals surface area contributed by atoms with Crippen LogP contribution in [0.4, 0.5) is 5.69 Å². The Morgan fingerprint density at radius 3 is 2.70 bits per heavy atom. The fourth-order valence-corrected chi connectivity index (χ4v) is 1.81. The summed E-state index contributed by atoms with van der Waals surface area (Å²) in [4.78, 5) is 18.6. The lowest BCUT2D eigenvalue weighted by atomic mass is 10.2. The number of hydrogen-bond donors (Lipinski definition) is 0. The van der Waals surface area contributed by atoms with Crippen molar-refractivity contribution >= 4 is 17.3 Å². The van der Waals surface area contributed by atoms with Gasteiger partial charge >= 0.3 is 11.6 Å². The molecule has 0 bridgehead atoms. The third kappa shape index (κ3) is 3.03. The molecule has 2 heterocycles. The van der Waals surface area contributed by atoms with E-state index in [1.54, 1.807) is 12.1 Å². The molecule has 0 radical (unpaired) electrons.